The third kappa shape index (κ3) is 6.54. The van der Waals surface area contributed by atoms with Crippen LogP contribution in [0.4, 0.5) is 23.7 Å². The number of amides is 3. The average molecular weight is 706 g/mol. The van der Waals surface area contributed by atoms with Crippen molar-refractivity contribution in [2.45, 2.75) is 59.3 Å². The van der Waals surface area contributed by atoms with Crippen LogP contribution in [-0.2, 0) is 19.4 Å². The number of ether oxygens (including phenoxy) is 1. The van der Waals surface area contributed by atoms with Crippen LogP contribution in [0.5, 0.6) is 0 Å². The molecule has 0 aromatic heterocycles. The Morgan fingerprint density at radius 1 is 1.09 bits per heavy atom. The van der Waals surface area contributed by atoms with E-state index in [0.717, 1.165) is 22.7 Å². The van der Waals surface area contributed by atoms with Gasteiger partial charge in [-0.1, -0.05) is 11.6 Å². The van der Waals surface area contributed by atoms with Gasteiger partial charge in [-0.25, -0.2) is 26.4 Å². The predicted molar refractivity (Wildman–Crippen MR) is 161 cm³/mol. The van der Waals surface area contributed by atoms with Crippen molar-refractivity contribution >= 4 is 56.8 Å². The number of hydrogen-bond acceptors (Lipinski definition) is 9. The SMILES string of the molecule is COC(=O)N1C[C@H](O)C[C@H]1C(=O)NCSC1(O)C2CCC1CC(S(=O)(=O)c1cc(C(=O)Nc3cc(F)c(F)c(F)c3)ccc1Cl)C2. The van der Waals surface area contributed by atoms with Gasteiger partial charge in [0.25, 0.3) is 5.91 Å². The number of β-amino-alcohol motifs (C(OH)–C–C–N with tert-alkyl or cyclic N) is 1. The van der Waals surface area contributed by atoms with E-state index in [1.807, 2.05) is 0 Å². The molecule has 5 rings (SSSR count). The van der Waals surface area contributed by atoms with Crippen molar-refractivity contribution in [3.63, 3.8) is 0 Å². The average Bonchev–Trinajstić information content (AvgIpc) is 3.43. The van der Waals surface area contributed by atoms with Gasteiger partial charge < -0.3 is 25.6 Å². The number of carbonyl (C=O) groups is 3. The fraction of sp³-hybridized carbons (Fsp3) is 0.483. The molecule has 2 unspecified atom stereocenters. The van der Waals surface area contributed by atoms with Crippen LogP contribution in [0, 0.1) is 29.3 Å². The van der Waals surface area contributed by atoms with Crippen LogP contribution in [0.25, 0.3) is 0 Å². The second kappa shape index (κ2) is 13.2. The number of rotatable bonds is 8. The lowest BCUT2D eigenvalue weighted by Gasteiger charge is -2.42. The number of likely N-dealkylation sites (tertiary alicyclic amines) is 1. The van der Waals surface area contributed by atoms with E-state index in [0.29, 0.717) is 25.0 Å². The van der Waals surface area contributed by atoms with Crippen LogP contribution >= 0.6 is 23.4 Å². The van der Waals surface area contributed by atoms with E-state index in [-0.39, 0.29) is 52.9 Å². The second-order valence-electron chi connectivity index (χ2n) is 11.6. The third-order valence-electron chi connectivity index (χ3n) is 8.85. The van der Waals surface area contributed by atoms with Crippen molar-refractivity contribution in [2.24, 2.45) is 11.8 Å². The number of nitrogens with one attached hydrogen (secondary N) is 2. The fourth-order valence-electron chi connectivity index (χ4n) is 6.54. The highest BCUT2D eigenvalue weighted by Crippen LogP contribution is 2.56. The number of fused-ring (bicyclic) bond motifs is 2. The van der Waals surface area contributed by atoms with E-state index in [4.69, 9.17) is 11.6 Å². The first-order chi connectivity index (χ1) is 21.6. The Bertz CT molecular complexity index is 1630. The van der Waals surface area contributed by atoms with Crippen molar-refractivity contribution in [3.05, 3.63) is 58.4 Å². The van der Waals surface area contributed by atoms with Crippen LogP contribution in [0.3, 0.4) is 0 Å². The molecular formula is C29H31ClF3N3O8S2. The van der Waals surface area contributed by atoms with E-state index < -0.39 is 79.4 Å². The van der Waals surface area contributed by atoms with E-state index in [1.54, 1.807) is 0 Å². The number of halogens is 4. The van der Waals surface area contributed by atoms with Gasteiger partial charge in [0.15, 0.2) is 27.3 Å². The van der Waals surface area contributed by atoms with Gasteiger partial charge in [0.05, 0.1) is 40.8 Å². The lowest BCUT2D eigenvalue weighted by molar-refractivity contribution is -0.124. The minimum absolute atomic E-state index is 0.0216. The Morgan fingerprint density at radius 2 is 1.72 bits per heavy atom. The summed E-state index contributed by atoms with van der Waals surface area (Å²) in [5, 5.41) is 25.4. The Hall–Kier alpha value is -3.05. The highest BCUT2D eigenvalue weighted by molar-refractivity contribution is 8.00. The monoisotopic (exact) mass is 705 g/mol. The molecule has 11 nitrogen and oxygen atoms in total. The molecule has 2 saturated carbocycles. The highest BCUT2D eigenvalue weighted by atomic mass is 35.5. The van der Waals surface area contributed by atoms with Crippen LogP contribution in [0.2, 0.25) is 5.02 Å². The topological polar surface area (TPSA) is 162 Å². The number of aliphatic hydroxyl groups is 2. The molecular weight excluding hydrogens is 675 g/mol. The zero-order chi connectivity index (χ0) is 33.6. The molecule has 46 heavy (non-hydrogen) atoms. The maximum atomic E-state index is 13.8. The molecule has 3 amide bonds. The largest absolute Gasteiger partial charge is 0.453 e. The molecule has 2 aliphatic carbocycles. The first-order valence-corrected chi connectivity index (χ1v) is 17.2. The predicted octanol–water partition coefficient (Wildman–Crippen LogP) is 3.67. The van der Waals surface area contributed by atoms with E-state index in [2.05, 4.69) is 15.4 Å². The molecule has 1 saturated heterocycles. The van der Waals surface area contributed by atoms with Gasteiger partial charge in [-0.2, -0.15) is 0 Å². The minimum atomic E-state index is -4.13. The van der Waals surface area contributed by atoms with Crippen molar-refractivity contribution < 1.29 is 50.9 Å². The molecule has 4 atom stereocenters. The Kier molecular flexibility index (Phi) is 9.85. The highest BCUT2D eigenvalue weighted by Gasteiger charge is 2.56. The molecule has 3 aliphatic rings. The summed E-state index contributed by atoms with van der Waals surface area (Å²) in [5.41, 5.74) is -0.547. The molecule has 0 spiro atoms. The number of benzene rings is 2. The molecule has 0 radical (unpaired) electrons. The minimum Gasteiger partial charge on any atom is -0.453 e. The maximum absolute atomic E-state index is 13.8. The van der Waals surface area contributed by atoms with Crippen LogP contribution in [0.1, 0.15) is 42.5 Å². The van der Waals surface area contributed by atoms with Crippen molar-refractivity contribution in [3.8, 4) is 0 Å². The van der Waals surface area contributed by atoms with Gasteiger partial charge in [-0.15, -0.1) is 11.8 Å². The number of sulfone groups is 1. The molecule has 2 aromatic carbocycles. The third-order valence-corrected chi connectivity index (χ3v) is 12.9. The van der Waals surface area contributed by atoms with Crippen molar-refractivity contribution in [1.82, 2.24) is 10.2 Å². The lowest BCUT2D eigenvalue weighted by atomic mass is 9.85. The molecule has 1 aliphatic heterocycles. The lowest BCUT2D eigenvalue weighted by Crippen LogP contribution is -2.48. The number of nitrogens with zero attached hydrogens (tertiary/aromatic N) is 1. The second-order valence-corrected chi connectivity index (χ2v) is 15.4. The van der Waals surface area contributed by atoms with Gasteiger partial charge in [-0.3, -0.25) is 14.5 Å². The van der Waals surface area contributed by atoms with E-state index in [9.17, 15) is 46.2 Å². The van der Waals surface area contributed by atoms with E-state index >= 15 is 0 Å². The van der Waals surface area contributed by atoms with Gasteiger partial charge in [-0.05, 0) is 55.7 Å². The first kappa shape index (κ1) is 34.3. The number of aliphatic hydroxyl groups excluding tert-OH is 1. The summed E-state index contributed by atoms with van der Waals surface area (Å²) in [5.74, 6) is -7.06. The summed E-state index contributed by atoms with van der Waals surface area (Å²) in [6.45, 7) is -0.0480. The van der Waals surface area contributed by atoms with Crippen molar-refractivity contribution in [1.29, 1.82) is 0 Å². The van der Waals surface area contributed by atoms with Gasteiger partial charge in [0, 0.05) is 29.8 Å². The molecule has 17 heteroatoms. The smallest absolute Gasteiger partial charge is 0.410 e. The summed E-state index contributed by atoms with van der Waals surface area (Å²) in [7, 11) is -2.96. The summed E-state index contributed by atoms with van der Waals surface area (Å²) in [6.07, 6.45) is -0.336. The van der Waals surface area contributed by atoms with Crippen LogP contribution in [0.15, 0.2) is 35.2 Å². The van der Waals surface area contributed by atoms with Crippen molar-refractivity contribution in [2.75, 3.05) is 24.8 Å². The molecule has 1 heterocycles. The van der Waals surface area contributed by atoms with E-state index in [1.165, 1.54) is 19.2 Å². The van der Waals surface area contributed by atoms with Crippen LogP contribution in [-0.4, -0.2) is 83.3 Å². The number of anilines is 1. The fourth-order valence-corrected chi connectivity index (χ4v) is 10.3. The number of hydrogen-bond donors (Lipinski definition) is 4. The zero-order valence-corrected chi connectivity index (χ0v) is 26.7. The Morgan fingerprint density at radius 3 is 2.33 bits per heavy atom. The summed E-state index contributed by atoms with van der Waals surface area (Å²) < 4.78 is 72.8. The molecule has 4 N–H and O–H groups in total. The number of methoxy groups -OCH3 is 1. The summed E-state index contributed by atoms with van der Waals surface area (Å²) in [6, 6.07) is 3.75. The summed E-state index contributed by atoms with van der Waals surface area (Å²) >= 11 is 7.35. The molecule has 2 aromatic rings. The molecule has 2 bridgehead atoms. The summed E-state index contributed by atoms with van der Waals surface area (Å²) in [4.78, 5) is 37.1. The van der Waals surface area contributed by atoms with Gasteiger partial charge in [0.2, 0.25) is 5.91 Å². The number of carbonyl (C=O) groups excluding carboxylic acids is 3. The Labute approximate surface area is 271 Å². The van der Waals surface area contributed by atoms with Gasteiger partial charge in [0.1, 0.15) is 11.0 Å². The zero-order valence-electron chi connectivity index (χ0n) is 24.3. The first-order valence-electron chi connectivity index (χ1n) is 14.3. The normalized spacial score (nSPS) is 27.4. The Balaban J connectivity index is 1.25. The number of thioether (sulfide) groups is 1. The van der Waals surface area contributed by atoms with Crippen LogP contribution < -0.4 is 10.6 Å². The molecule has 250 valence electrons. The maximum Gasteiger partial charge on any atom is 0.410 e. The quantitative estimate of drug-likeness (QED) is 0.237. The molecule has 3 fully saturated rings. The van der Waals surface area contributed by atoms with Gasteiger partial charge >= 0.3 is 6.09 Å². The standard InChI is InChI=1S/C29H31ClF3N3O8S2/c1-44-28(40)36-12-18(37)11-23(36)27(39)34-13-45-29(41)15-3-4-16(29)8-19(7-15)46(42,43)24-6-14(2-5-20(24)30)26(38)35-17-9-21(31)25(33)22(32)10-17/h2,5-6,9-10,15-16,18-19,23,37,41H,3-4,7-8,11-13H2,1H3,(H,34,39)(H,35,38)/t15?,16?,18-,19?,23+,29?/m1/s1.